The van der Waals surface area contributed by atoms with Gasteiger partial charge in [0.1, 0.15) is 0 Å². The van der Waals surface area contributed by atoms with E-state index < -0.39 is 0 Å². The number of carbonyl (C=O) groups is 1. The van der Waals surface area contributed by atoms with E-state index in [9.17, 15) is 4.79 Å². The Kier molecular flexibility index (Phi) is 2.64. The molecule has 0 bridgehead atoms. The van der Waals surface area contributed by atoms with E-state index in [-0.39, 0.29) is 5.91 Å². The fourth-order valence-electron chi connectivity index (χ4n) is 2.00. The fraction of sp³-hybridized carbons (Fsp3) is 0.0714. The summed E-state index contributed by atoms with van der Waals surface area (Å²) < 4.78 is 0. The number of anilines is 1. The van der Waals surface area contributed by atoms with E-state index in [0.717, 1.165) is 27.2 Å². The molecule has 1 amide bonds. The zero-order valence-corrected chi connectivity index (χ0v) is 10.7. The third-order valence-corrected chi connectivity index (χ3v) is 3.66. The van der Waals surface area contributed by atoms with Crippen LogP contribution in [-0.2, 0) is 0 Å². The minimum Gasteiger partial charge on any atom is -0.359 e. The molecule has 90 valence electrons. The maximum atomic E-state index is 12.0. The summed E-state index contributed by atoms with van der Waals surface area (Å²) in [6, 6.07) is 11.6. The lowest BCUT2D eigenvalue weighted by atomic mass is 10.2. The first-order valence-electron chi connectivity index (χ1n) is 5.67. The average Bonchev–Trinajstić information content (AvgIpc) is 2.96. The number of fused-ring (bicyclic) bond motifs is 1. The third kappa shape index (κ3) is 1.91. The molecule has 0 aliphatic heterocycles. The van der Waals surface area contributed by atoms with E-state index >= 15 is 0 Å². The number of rotatable bonds is 2. The summed E-state index contributed by atoms with van der Waals surface area (Å²) in [6.45, 7) is 2.00. The molecular formula is C14H12N2OS. The first-order chi connectivity index (χ1) is 8.74. The second-order valence-electron chi connectivity index (χ2n) is 4.15. The first kappa shape index (κ1) is 11.0. The van der Waals surface area contributed by atoms with Gasteiger partial charge in [-0.15, -0.1) is 11.3 Å². The van der Waals surface area contributed by atoms with E-state index in [1.807, 2.05) is 48.7 Å². The zero-order chi connectivity index (χ0) is 12.5. The standard InChI is InChI=1S/C14H12N2OS/c1-9-8-10-11(15-9)4-2-5-12(10)16-14(17)13-6-3-7-18-13/h2-8,15H,1H3,(H,16,17). The number of H-pyrrole nitrogens is 1. The number of benzene rings is 1. The van der Waals surface area contributed by atoms with Crippen molar-refractivity contribution in [3.8, 4) is 0 Å². The van der Waals surface area contributed by atoms with Gasteiger partial charge in [0.2, 0.25) is 0 Å². The number of aryl methyl sites for hydroxylation is 1. The largest absolute Gasteiger partial charge is 0.359 e. The summed E-state index contributed by atoms with van der Waals surface area (Å²) in [5, 5.41) is 5.89. The maximum Gasteiger partial charge on any atom is 0.265 e. The van der Waals surface area contributed by atoms with Gasteiger partial charge in [-0.2, -0.15) is 0 Å². The summed E-state index contributed by atoms with van der Waals surface area (Å²) in [5.41, 5.74) is 2.97. The van der Waals surface area contributed by atoms with Crippen molar-refractivity contribution in [2.75, 3.05) is 5.32 Å². The van der Waals surface area contributed by atoms with E-state index in [1.54, 1.807) is 0 Å². The summed E-state index contributed by atoms with van der Waals surface area (Å²) in [5.74, 6) is -0.0589. The van der Waals surface area contributed by atoms with Crippen LogP contribution in [-0.4, -0.2) is 10.9 Å². The maximum absolute atomic E-state index is 12.0. The molecule has 0 saturated carbocycles. The van der Waals surface area contributed by atoms with Gasteiger partial charge < -0.3 is 10.3 Å². The van der Waals surface area contributed by atoms with Crippen LogP contribution >= 0.6 is 11.3 Å². The minimum absolute atomic E-state index is 0.0589. The van der Waals surface area contributed by atoms with Crippen LogP contribution in [0.2, 0.25) is 0 Å². The quantitative estimate of drug-likeness (QED) is 0.720. The molecule has 0 atom stereocenters. The molecule has 2 N–H and O–H groups in total. The molecular weight excluding hydrogens is 244 g/mol. The normalized spacial score (nSPS) is 10.7. The Hall–Kier alpha value is -2.07. The smallest absolute Gasteiger partial charge is 0.265 e. The van der Waals surface area contributed by atoms with Gasteiger partial charge in [-0.05, 0) is 36.6 Å². The Morgan fingerprint density at radius 1 is 1.28 bits per heavy atom. The molecule has 18 heavy (non-hydrogen) atoms. The highest BCUT2D eigenvalue weighted by atomic mass is 32.1. The molecule has 0 saturated heterocycles. The number of nitrogens with one attached hydrogen (secondary N) is 2. The Bertz CT molecular complexity index is 698. The summed E-state index contributed by atoms with van der Waals surface area (Å²) in [6.07, 6.45) is 0. The van der Waals surface area contributed by atoms with Gasteiger partial charge in [0.25, 0.3) is 5.91 Å². The molecule has 2 heterocycles. The molecule has 1 aromatic carbocycles. The van der Waals surface area contributed by atoms with E-state index in [1.165, 1.54) is 11.3 Å². The van der Waals surface area contributed by atoms with Crippen molar-refractivity contribution in [1.82, 2.24) is 4.98 Å². The van der Waals surface area contributed by atoms with Gasteiger partial charge in [-0.1, -0.05) is 12.1 Å². The lowest BCUT2D eigenvalue weighted by Crippen LogP contribution is -2.10. The molecule has 0 unspecified atom stereocenters. The predicted molar refractivity (Wildman–Crippen MR) is 75.3 cm³/mol. The van der Waals surface area contributed by atoms with Crippen LogP contribution < -0.4 is 5.32 Å². The SMILES string of the molecule is Cc1cc2c(NC(=O)c3cccs3)cccc2[nH]1. The number of thiophene rings is 1. The molecule has 0 aliphatic rings. The summed E-state index contributed by atoms with van der Waals surface area (Å²) in [7, 11) is 0. The molecule has 3 aromatic rings. The Balaban J connectivity index is 1.97. The molecule has 2 aromatic heterocycles. The van der Waals surface area contributed by atoms with Crippen molar-refractivity contribution in [2.45, 2.75) is 6.92 Å². The second-order valence-corrected chi connectivity index (χ2v) is 5.10. The highest BCUT2D eigenvalue weighted by molar-refractivity contribution is 7.12. The van der Waals surface area contributed by atoms with Crippen LogP contribution in [0, 0.1) is 6.92 Å². The lowest BCUT2D eigenvalue weighted by molar-refractivity contribution is 0.103. The number of carbonyl (C=O) groups excluding carboxylic acids is 1. The van der Waals surface area contributed by atoms with Crippen LogP contribution in [0.4, 0.5) is 5.69 Å². The zero-order valence-electron chi connectivity index (χ0n) is 9.86. The minimum atomic E-state index is -0.0589. The summed E-state index contributed by atoms with van der Waals surface area (Å²) >= 11 is 1.44. The van der Waals surface area contributed by atoms with E-state index in [2.05, 4.69) is 10.3 Å². The van der Waals surface area contributed by atoms with Gasteiger partial charge in [0, 0.05) is 16.6 Å². The molecule has 0 fully saturated rings. The van der Waals surface area contributed by atoms with Gasteiger partial charge >= 0.3 is 0 Å². The first-order valence-corrected chi connectivity index (χ1v) is 6.55. The Labute approximate surface area is 108 Å². The monoisotopic (exact) mass is 256 g/mol. The second kappa shape index (κ2) is 4.31. The molecule has 3 nitrogen and oxygen atoms in total. The van der Waals surface area contributed by atoms with Crippen LogP contribution in [0.5, 0.6) is 0 Å². The molecule has 3 rings (SSSR count). The fourth-order valence-corrected chi connectivity index (χ4v) is 2.61. The molecule has 0 aliphatic carbocycles. The van der Waals surface area contributed by atoms with E-state index in [4.69, 9.17) is 0 Å². The Morgan fingerprint density at radius 2 is 2.17 bits per heavy atom. The van der Waals surface area contributed by atoms with Crippen molar-refractivity contribution >= 4 is 33.8 Å². The van der Waals surface area contributed by atoms with Crippen molar-refractivity contribution in [3.05, 3.63) is 52.3 Å². The van der Waals surface area contributed by atoms with Crippen molar-refractivity contribution in [3.63, 3.8) is 0 Å². The van der Waals surface area contributed by atoms with Gasteiger partial charge in [0.05, 0.1) is 10.6 Å². The summed E-state index contributed by atoms with van der Waals surface area (Å²) in [4.78, 5) is 16.0. The number of hydrogen-bond acceptors (Lipinski definition) is 2. The average molecular weight is 256 g/mol. The number of amides is 1. The number of hydrogen-bond donors (Lipinski definition) is 2. The van der Waals surface area contributed by atoms with Crippen LogP contribution in [0.15, 0.2) is 41.8 Å². The third-order valence-electron chi connectivity index (χ3n) is 2.79. The Morgan fingerprint density at radius 3 is 2.94 bits per heavy atom. The topological polar surface area (TPSA) is 44.9 Å². The van der Waals surface area contributed by atoms with Crippen LogP contribution in [0.1, 0.15) is 15.4 Å². The van der Waals surface area contributed by atoms with Crippen molar-refractivity contribution < 1.29 is 4.79 Å². The highest BCUT2D eigenvalue weighted by Gasteiger charge is 2.09. The van der Waals surface area contributed by atoms with Crippen molar-refractivity contribution in [1.29, 1.82) is 0 Å². The van der Waals surface area contributed by atoms with Crippen molar-refractivity contribution in [2.24, 2.45) is 0 Å². The number of aromatic amines is 1. The predicted octanol–water partition coefficient (Wildman–Crippen LogP) is 3.79. The van der Waals surface area contributed by atoms with Crippen LogP contribution in [0.3, 0.4) is 0 Å². The van der Waals surface area contributed by atoms with Gasteiger partial charge in [-0.25, -0.2) is 0 Å². The highest BCUT2D eigenvalue weighted by Crippen LogP contribution is 2.24. The van der Waals surface area contributed by atoms with Crippen LogP contribution in [0.25, 0.3) is 10.9 Å². The molecule has 0 radical (unpaired) electrons. The number of aromatic nitrogens is 1. The molecule has 4 heteroatoms. The van der Waals surface area contributed by atoms with Gasteiger partial charge in [0.15, 0.2) is 0 Å². The van der Waals surface area contributed by atoms with E-state index in [0.29, 0.717) is 0 Å². The molecule has 0 spiro atoms. The van der Waals surface area contributed by atoms with Gasteiger partial charge in [-0.3, -0.25) is 4.79 Å². The lowest BCUT2D eigenvalue weighted by Gasteiger charge is -2.04.